The van der Waals surface area contributed by atoms with E-state index < -0.39 is 0 Å². The molecule has 0 aromatic rings. The van der Waals surface area contributed by atoms with Gasteiger partial charge in [0.05, 0.1) is 11.0 Å². The molecule has 11 heavy (non-hydrogen) atoms. The minimum Gasteiger partial charge on any atom is -0.469 e. The molecule has 1 atom stereocenters. The van der Waals surface area contributed by atoms with Gasteiger partial charge in [-0.2, -0.15) is 0 Å². The molecule has 64 valence electrons. The van der Waals surface area contributed by atoms with Crippen molar-refractivity contribution in [3.8, 4) is 0 Å². The van der Waals surface area contributed by atoms with Crippen LogP contribution in [0, 0.1) is 0 Å². The van der Waals surface area contributed by atoms with E-state index in [2.05, 4.69) is 29.2 Å². The Morgan fingerprint density at radius 3 is 3.00 bits per heavy atom. The zero-order chi connectivity index (χ0) is 8.10. The van der Waals surface area contributed by atoms with E-state index >= 15 is 0 Å². The number of ether oxygens (including phenoxy) is 2. The average Bonchev–Trinajstić information content (AvgIpc) is 2.06. The summed E-state index contributed by atoms with van der Waals surface area (Å²) in [5, 5.41) is 0. The Kier molecular flexibility index (Phi) is 4.22. The molecule has 0 saturated carbocycles. The number of hydrogen-bond donors (Lipinski definition) is 0. The number of alkyl halides is 1. The first-order valence-corrected chi connectivity index (χ1v) is 5.37. The van der Waals surface area contributed by atoms with Crippen LogP contribution in [-0.4, -0.2) is 17.3 Å². The Morgan fingerprint density at radius 1 is 1.64 bits per heavy atom. The molecule has 3 heteroatoms. The zero-order valence-electron chi connectivity index (χ0n) is 6.51. The van der Waals surface area contributed by atoms with Crippen LogP contribution in [0.5, 0.6) is 0 Å². The first-order valence-electron chi connectivity index (χ1n) is 3.85. The van der Waals surface area contributed by atoms with E-state index in [1.54, 1.807) is 0 Å². The van der Waals surface area contributed by atoms with Gasteiger partial charge in [0.15, 0.2) is 6.29 Å². The van der Waals surface area contributed by atoms with E-state index in [1.807, 2.05) is 0 Å². The van der Waals surface area contributed by atoms with Gasteiger partial charge in [-0.25, -0.2) is 0 Å². The molecule has 1 saturated heterocycles. The first kappa shape index (κ1) is 9.32. The Labute approximate surface area is 81.1 Å². The molecule has 0 aliphatic carbocycles. The lowest BCUT2D eigenvalue weighted by Gasteiger charge is -2.23. The van der Waals surface area contributed by atoms with Gasteiger partial charge in [-0.05, 0) is 12.8 Å². The third-order valence-electron chi connectivity index (χ3n) is 1.59. The highest BCUT2D eigenvalue weighted by Crippen LogP contribution is 2.16. The summed E-state index contributed by atoms with van der Waals surface area (Å²) in [6.45, 7) is 4.59. The summed E-state index contributed by atoms with van der Waals surface area (Å²) >= 11 is 2.23. The molecule has 2 nitrogen and oxygen atoms in total. The van der Waals surface area contributed by atoms with Gasteiger partial charge in [0.2, 0.25) is 0 Å². The predicted molar refractivity (Wildman–Crippen MR) is 52.7 cm³/mol. The summed E-state index contributed by atoms with van der Waals surface area (Å²) < 4.78 is 11.6. The standard InChI is InChI=1S/C8H13IO2/c1-7(6-9)11-8-4-2-3-5-10-8/h8H,1-6H2. The largest absolute Gasteiger partial charge is 0.469 e. The molecule has 0 aromatic heterocycles. The minimum atomic E-state index is -0.0222. The Hall–Kier alpha value is 0.230. The summed E-state index contributed by atoms with van der Waals surface area (Å²) in [5.74, 6) is 0.817. The van der Waals surface area contributed by atoms with Crippen LogP contribution in [0.3, 0.4) is 0 Å². The first-order chi connectivity index (χ1) is 5.33. The molecule has 0 spiro atoms. The number of hydrogen-bond acceptors (Lipinski definition) is 2. The van der Waals surface area contributed by atoms with Crippen molar-refractivity contribution in [3.63, 3.8) is 0 Å². The van der Waals surface area contributed by atoms with Gasteiger partial charge in [0.25, 0.3) is 0 Å². The predicted octanol–water partition coefficient (Wildman–Crippen LogP) is 2.48. The van der Waals surface area contributed by atoms with E-state index in [9.17, 15) is 0 Å². The van der Waals surface area contributed by atoms with Crippen LogP contribution in [0.15, 0.2) is 12.3 Å². The molecule has 0 radical (unpaired) electrons. The van der Waals surface area contributed by atoms with E-state index in [-0.39, 0.29) is 6.29 Å². The lowest BCUT2D eigenvalue weighted by Crippen LogP contribution is -2.21. The lowest BCUT2D eigenvalue weighted by molar-refractivity contribution is -0.137. The molecule has 1 rings (SSSR count). The highest BCUT2D eigenvalue weighted by molar-refractivity contribution is 14.1. The van der Waals surface area contributed by atoms with Gasteiger partial charge < -0.3 is 9.47 Å². The van der Waals surface area contributed by atoms with Gasteiger partial charge in [0.1, 0.15) is 5.76 Å². The highest BCUT2D eigenvalue weighted by atomic mass is 127. The minimum absolute atomic E-state index is 0.0222. The summed E-state index contributed by atoms with van der Waals surface area (Å²) in [7, 11) is 0. The van der Waals surface area contributed by atoms with E-state index in [1.165, 1.54) is 6.42 Å². The fourth-order valence-electron chi connectivity index (χ4n) is 1.02. The molecule has 1 heterocycles. The number of halogens is 1. The van der Waals surface area contributed by atoms with Crippen LogP contribution in [-0.2, 0) is 9.47 Å². The van der Waals surface area contributed by atoms with E-state index in [0.29, 0.717) is 0 Å². The van der Waals surface area contributed by atoms with Crippen LogP contribution >= 0.6 is 22.6 Å². The van der Waals surface area contributed by atoms with Crippen molar-refractivity contribution in [2.75, 3.05) is 11.0 Å². The monoisotopic (exact) mass is 268 g/mol. The van der Waals surface area contributed by atoms with Crippen molar-refractivity contribution < 1.29 is 9.47 Å². The molecule has 1 unspecified atom stereocenters. The molecular formula is C8H13IO2. The van der Waals surface area contributed by atoms with Gasteiger partial charge in [-0.15, -0.1) is 0 Å². The summed E-state index contributed by atoms with van der Waals surface area (Å²) in [5.41, 5.74) is 0. The summed E-state index contributed by atoms with van der Waals surface area (Å²) in [6.07, 6.45) is 3.36. The van der Waals surface area contributed by atoms with Crippen molar-refractivity contribution in [3.05, 3.63) is 12.3 Å². The molecule has 0 N–H and O–H groups in total. The molecule has 0 bridgehead atoms. The molecule has 1 fully saturated rings. The van der Waals surface area contributed by atoms with Gasteiger partial charge in [-0.3, -0.25) is 0 Å². The third-order valence-corrected chi connectivity index (χ3v) is 2.44. The lowest BCUT2D eigenvalue weighted by atomic mass is 10.2. The van der Waals surface area contributed by atoms with Gasteiger partial charge >= 0.3 is 0 Å². The zero-order valence-corrected chi connectivity index (χ0v) is 8.67. The van der Waals surface area contributed by atoms with Crippen LogP contribution in [0.1, 0.15) is 19.3 Å². The Bertz CT molecular complexity index is 130. The van der Waals surface area contributed by atoms with Crippen molar-refractivity contribution in [1.82, 2.24) is 0 Å². The topological polar surface area (TPSA) is 18.5 Å². The maximum atomic E-state index is 5.42. The normalized spacial score (nSPS) is 24.6. The summed E-state index contributed by atoms with van der Waals surface area (Å²) in [4.78, 5) is 0. The maximum Gasteiger partial charge on any atom is 0.199 e. The van der Waals surface area contributed by atoms with Crippen molar-refractivity contribution >= 4 is 22.6 Å². The van der Waals surface area contributed by atoms with Crippen LogP contribution in [0.2, 0.25) is 0 Å². The third kappa shape index (κ3) is 3.42. The fraction of sp³-hybridized carbons (Fsp3) is 0.750. The average molecular weight is 268 g/mol. The SMILES string of the molecule is C=C(CI)OC1CCCCO1. The maximum absolute atomic E-state index is 5.42. The number of allylic oxidation sites excluding steroid dienone is 1. The Balaban J connectivity index is 2.19. The van der Waals surface area contributed by atoms with Gasteiger partial charge in [0, 0.05) is 6.42 Å². The quantitative estimate of drug-likeness (QED) is 0.445. The van der Waals surface area contributed by atoms with E-state index in [0.717, 1.165) is 29.6 Å². The second kappa shape index (κ2) is 4.98. The molecular weight excluding hydrogens is 255 g/mol. The number of rotatable bonds is 3. The van der Waals surface area contributed by atoms with Crippen LogP contribution < -0.4 is 0 Å². The van der Waals surface area contributed by atoms with Crippen molar-refractivity contribution in [2.45, 2.75) is 25.6 Å². The molecule has 0 aromatic carbocycles. The Morgan fingerprint density at radius 2 is 2.45 bits per heavy atom. The van der Waals surface area contributed by atoms with Crippen LogP contribution in [0.25, 0.3) is 0 Å². The fourth-order valence-corrected chi connectivity index (χ4v) is 1.20. The summed E-state index contributed by atoms with van der Waals surface area (Å²) in [6, 6.07) is 0. The second-order valence-corrected chi connectivity index (χ2v) is 3.35. The molecule has 1 aliphatic heterocycles. The van der Waals surface area contributed by atoms with Crippen molar-refractivity contribution in [2.24, 2.45) is 0 Å². The van der Waals surface area contributed by atoms with Crippen molar-refractivity contribution in [1.29, 1.82) is 0 Å². The van der Waals surface area contributed by atoms with E-state index in [4.69, 9.17) is 9.47 Å². The molecule has 0 amide bonds. The second-order valence-electron chi connectivity index (χ2n) is 2.59. The smallest absolute Gasteiger partial charge is 0.199 e. The van der Waals surface area contributed by atoms with Gasteiger partial charge in [-0.1, -0.05) is 29.2 Å². The highest BCUT2D eigenvalue weighted by Gasteiger charge is 2.14. The van der Waals surface area contributed by atoms with Crippen LogP contribution in [0.4, 0.5) is 0 Å². The molecule has 1 aliphatic rings.